The highest BCUT2D eigenvalue weighted by Gasteiger charge is 2.26. The Bertz CT molecular complexity index is 246. The van der Waals surface area contributed by atoms with E-state index in [4.69, 9.17) is 5.73 Å². The molecule has 0 spiro atoms. The zero-order valence-electron chi connectivity index (χ0n) is 9.29. The zero-order valence-corrected chi connectivity index (χ0v) is 10.3. The molecule has 2 heteroatoms. The molecule has 0 aliphatic carbocycles. The van der Waals surface area contributed by atoms with Crippen LogP contribution in [0.5, 0.6) is 0 Å². The van der Waals surface area contributed by atoms with Gasteiger partial charge in [-0.2, -0.15) is 0 Å². The molecule has 0 amide bonds. The van der Waals surface area contributed by atoms with E-state index in [1.165, 1.54) is 23.7 Å². The van der Waals surface area contributed by atoms with Crippen molar-refractivity contribution in [2.45, 2.75) is 32.0 Å². The van der Waals surface area contributed by atoms with E-state index in [0.717, 1.165) is 6.17 Å². The van der Waals surface area contributed by atoms with Gasteiger partial charge in [0.05, 0.1) is 8.07 Å². The van der Waals surface area contributed by atoms with E-state index >= 15 is 0 Å². The second-order valence-corrected chi connectivity index (χ2v) is 9.25. The number of rotatable bonds is 5. The quantitative estimate of drug-likeness (QED) is 0.738. The first-order valence-corrected chi connectivity index (χ1v) is 8.33. The molecule has 0 heterocycles. The third kappa shape index (κ3) is 2.69. The fourth-order valence-corrected chi connectivity index (χ4v) is 4.71. The van der Waals surface area contributed by atoms with Crippen LogP contribution in [0.15, 0.2) is 30.3 Å². The van der Waals surface area contributed by atoms with Crippen LogP contribution in [0.2, 0.25) is 12.1 Å². The van der Waals surface area contributed by atoms with E-state index < -0.39 is 8.07 Å². The molecular weight excluding hydrogens is 186 g/mol. The molecule has 1 aromatic carbocycles. The van der Waals surface area contributed by atoms with Crippen LogP contribution in [0, 0.1) is 0 Å². The van der Waals surface area contributed by atoms with Crippen molar-refractivity contribution in [3.63, 3.8) is 0 Å². The van der Waals surface area contributed by atoms with Gasteiger partial charge < -0.3 is 5.73 Å². The smallest absolute Gasteiger partial charge is 0.0721 e. The van der Waals surface area contributed by atoms with Gasteiger partial charge in [-0.05, 0) is 12.2 Å². The average molecular weight is 207 g/mol. The minimum atomic E-state index is -1.18. The van der Waals surface area contributed by atoms with Gasteiger partial charge in [-0.15, -0.1) is 0 Å². The van der Waals surface area contributed by atoms with Crippen LogP contribution < -0.4 is 5.73 Å². The van der Waals surface area contributed by atoms with Crippen molar-refractivity contribution in [3.8, 4) is 0 Å². The van der Waals surface area contributed by atoms with Gasteiger partial charge in [0.1, 0.15) is 0 Å². The summed E-state index contributed by atoms with van der Waals surface area (Å²) in [6.45, 7) is 4.59. The Kier molecular flexibility index (Phi) is 4.36. The van der Waals surface area contributed by atoms with Crippen LogP contribution in [0.3, 0.4) is 0 Å². The van der Waals surface area contributed by atoms with Gasteiger partial charge in [-0.1, -0.05) is 61.8 Å². The maximum atomic E-state index is 5.94. The predicted molar refractivity (Wildman–Crippen MR) is 65.9 cm³/mol. The standard InChI is InChI=1S/C12H21NSi/c1-3-14(4-2,11-13)10-12-8-6-5-7-9-12/h5-9H,3-4,10-11,13H2,1-2H3. The van der Waals surface area contributed by atoms with E-state index in [0.29, 0.717) is 0 Å². The van der Waals surface area contributed by atoms with Gasteiger partial charge in [0.25, 0.3) is 0 Å². The third-order valence-electron chi connectivity index (χ3n) is 3.35. The Morgan fingerprint density at radius 2 is 1.64 bits per heavy atom. The minimum Gasteiger partial charge on any atom is -0.333 e. The lowest BCUT2D eigenvalue weighted by molar-refractivity contribution is 1.09. The van der Waals surface area contributed by atoms with Crippen LogP contribution in [0.1, 0.15) is 19.4 Å². The lowest BCUT2D eigenvalue weighted by Crippen LogP contribution is -2.44. The first-order chi connectivity index (χ1) is 6.76. The van der Waals surface area contributed by atoms with Crippen LogP contribution >= 0.6 is 0 Å². The average Bonchev–Trinajstić information content (AvgIpc) is 2.28. The summed E-state index contributed by atoms with van der Waals surface area (Å²) in [5.74, 6) is 0. The molecule has 0 unspecified atom stereocenters. The summed E-state index contributed by atoms with van der Waals surface area (Å²) in [6, 6.07) is 14.6. The number of hydrogen-bond acceptors (Lipinski definition) is 1. The highest BCUT2D eigenvalue weighted by atomic mass is 28.3. The van der Waals surface area contributed by atoms with E-state index in [1.54, 1.807) is 0 Å². The van der Waals surface area contributed by atoms with Gasteiger partial charge >= 0.3 is 0 Å². The Balaban J connectivity index is 2.74. The molecule has 1 aromatic rings. The molecule has 0 aliphatic rings. The van der Waals surface area contributed by atoms with Crippen molar-refractivity contribution in [2.24, 2.45) is 5.73 Å². The van der Waals surface area contributed by atoms with Crippen molar-refractivity contribution < 1.29 is 0 Å². The molecule has 1 rings (SSSR count). The summed E-state index contributed by atoms with van der Waals surface area (Å²) in [7, 11) is -1.18. The zero-order chi connectivity index (χ0) is 10.4. The lowest BCUT2D eigenvalue weighted by atomic mass is 10.2. The summed E-state index contributed by atoms with van der Waals surface area (Å²) in [4.78, 5) is 0. The fraction of sp³-hybridized carbons (Fsp3) is 0.500. The largest absolute Gasteiger partial charge is 0.333 e. The van der Waals surface area contributed by atoms with Crippen LogP contribution in [0.4, 0.5) is 0 Å². The molecule has 2 N–H and O–H groups in total. The predicted octanol–water partition coefficient (Wildman–Crippen LogP) is 2.75. The number of nitrogens with two attached hydrogens (primary N) is 1. The first kappa shape index (κ1) is 11.5. The van der Waals surface area contributed by atoms with Crippen molar-refractivity contribution in [1.82, 2.24) is 0 Å². The summed E-state index contributed by atoms with van der Waals surface area (Å²) < 4.78 is 0. The van der Waals surface area contributed by atoms with Gasteiger partial charge in [0, 0.05) is 0 Å². The van der Waals surface area contributed by atoms with E-state index in [1.807, 2.05) is 0 Å². The van der Waals surface area contributed by atoms with E-state index in [2.05, 4.69) is 44.2 Å². The molecule has 0 fully saturated rings. The van der Waals surface area contributed by atoms with Crippen molar-refractivity contribution in [2.75, 3.05) is 6.17 Å². The maximum Gasteiger partial charge on any atom is 0.0721 e. The van der Waals surface area contributed by atoms with Crippen molar-refractivity contribution in [1.29, 1.82) is 0 Å². The summed E-state index contributed by atoms with van der Waals surface area (Å²) >= 11 is 0. The Morgan fingerprint density at radius 1 is 1.07 bits per heavy atom. The lowest BCUT2D eigenvalue weighted by Gasteiger charge is -2.27. The Morgan fingerprint density at radius 3 is 2.07 bits per heavy atom. The highest BCUT2D eigenvalue weighted by Crippen LogP contribution is 2.19. The molecule has 0 aliphatic heterocycles. The molecule has 0 saturated carbocycles. The van der Waals surface area contributed by atoms with Crippen LogP contribution in [0.25, 0.3) is 0 Å². The molecule has 0 bridgehead atoms. The fourth-order valence-electron chi connectivity index (χ4n) is 1.89. The normalized spacial score (nSPS) is 11.6. The highest BCUT2D eigenvalue weighted by molar-refractivity contribution is 6.79. The molecule has 0 saturated heterocycles. The SMILES string of the molecule is CC[Si](CC)(CN)Cc1ccccc1. The molecular formula is C12H21NSi. The molecule has 0 radical (unpaired) electrons. The van der Waals surface area contributed by atoms with Gasteiger partial charge in [0.15, 0.2) is 0 Å². The van der Waals surface area contributed by atoms with E-state index in [9.17, 15) is 0 Å². The van der Waals surface area contributed by atoms with Crippen molar-refractivity contribution >= 4 is 8.07 Å². The number of hydrogen-bond donors (Lipinski definition) is 1. The van der Waals surface area contributed by atoms with Crippen LogP contribution in [-0.2, 0) is 6.04 Å². The van der Waals surface area contributed by atoms with E-state index in [-0.39, 0.29) is 0 Å². The monoisotopic (exact) mass is 207 g/mol. The van der Waals surface area contributed by atoms with Gasteiger partial charge in [-0.3, -0.25) is 0 Å². The first-order valence-electron chi connectivity index (χ1n) is 5.50. The topological polar surface area (TPSA) is 26.0 Å². The molecule has 0 aromatic heterocycles. The maximum absolute atomic E-state index is 5.94. The third-order valence-corrected chi connectivity index (χ3v) is 8.38. The van der Waals surface area contributed by atoms with Crippen molar-refractivity contribution in [3.05, 3.63) is 35.9 Å². The molecule has 1 nitrogen and oxygen atoms in total. The van der Waals surface area contributed by atoms with Gasteiger partial charge in [0.2, 0.25) is 0 Å². The molecule has 14 heavy (non-hydrogen) atoms. The van der Waals surface area contributed by atoms with Gasteiger partial charge in [-0.25, -0.2) is 0 Å². The van der Waals surface area contributed by atoms with Crippen LogP contribution in [-0.4, -0.2) is 14.2 Å². The summed E-state index contributed by atoms with van der Waals surface area (Å²) in [5, 5.41) is 0. The molecule has 0 atom stereocenters. The Hall–Kier alpha value is -0.603. The second kappa shape index (κ2) is 5.32. The Labute approximate surface area is 88.3 Å². The summed E-state index contributed by atoms with van der Waals surface area (Å²) in [5.41, 5.74) is 7.40. The minimum absolute atomic E-state index is 0.925. The number of benzene rings is 1. The second-order valence-electron chi connectivity index (χ2n) is 4.07. The summed E-state index contributed by atoms with van der Waals surface area (Å²) in [6.07, 6.45) is 0.925. The molecule has 78 valence electrons.